The minimum atomic E-state index is -0.0491. The number of nitrogens with zero attached hydrogens (tertiary/aromatic N) is 2. The number of nitrogens with one attached hydrogen (secondary N) is 1. The van der Waals surface area contributed by atoms with Crippen LogP contribution >= 0.6 is 0 Å². The first-order valence-electron chi connectivity index (χ1n) is 9.34. The number of pyridine rings is 1. The Balaban J connectivity index is 1.37. The second-order valence-electron chi connectivity index (χ2n) is 7.39. The van der Waals surface area contributed by atoms with E-state index in [1.807, 2.05) is 12.1 Å². The van der Waals surface area contributed by atoms with Crippen LogP contribution in [0.3, 0.4) is 0 Å². The molecular weight excluding hydrogens is 318 g/mol. The van der Waals surface area contributed by atoms with Crippen LogP contribution in [-0.4, -0.2) is 43.0 Å². The van der Waals surface area contributed by atoms with Gasteiger partial charge >= 0.3 is 0 Å². The van der Waals surface area contributed by atoms with Crippen LogP contribution in [0.25, 0.3) is 0 Å². The van der Waals surface area contributed by atoms with Crippen LogP contribution in [0.5, 0.6) is 0 Å². The number of Topliss-reactive ketones (excluding diaryl/α,β-unsaturated/α-hetero) is 1. The summed E-state index contributed by atoms with van der Waals surface area (Å²) in [5.41, 5.74) is 0.726. The molecule has 1 N–H and O–H groups in total. The molecule has 1 aromatic rings. The van der Waals surface area contributed by atoms with E-state index in [1.165, 1.54) is 0 Å². The molecule has 4 rings (SSSR count). The number of ether oxygens (including phenoxy) is 1. The van der Waals surface area contributed by atoms with Gasteiger partial charge in [0.2, 0.25) is 5.91 Å². The number of anilines is 2. The number of carbonyl (C=O) groups is 2. The molecule has 134 valence electrons. The molecule has 25 heavy (non-hydrogen) atoms. The second kappa shape index (κ2) is 7.12. The van der Waals surface area contributed by atoms with E-state index < -0.39 is 0 Å². The molecule has 3 fully saturated rings. The molecular formula is C19H25N3O3. The first-order chi connectivity index (χ1) is 12.2. The first-order valence-corrected chi connectivity index (χ1v) is 9.34. The largest absolute Gasteiger partial charge is 0.378 e. The Kier molecular flexibility index (Phi) is 4.70. The normalized spacial score (nSPS) is 29.4. The van der Waals surface area contributed by atoms with Gasteiger partial charge < -0.3 is 15.0 Å². The number of aromatic nitrogens is 1. The molecule has 0 aromatic carbocycles. The number of fused-ring (bicyclic) bond motifs is 2. The molecule has 0 spiro atoms. The summed E-state index contributed by atoms with van der Waals surface area (Å²) in [7, 11) is 0. The van der Waals surface area contributed by atoms with Crippen LogP contribution in [0.1, 0.15) is 32.1 Å². The highest BCUT2D eigenvalue weighted by Gasteiger charge is 2.41. The van der Waals surface area contributed by atoms with Gasteiger partial charge in [0.25, 0.3) is 0 Å². The lowest BCUT2D eigenvalue weighted by molar-refractivity contribution is -0.136. The molecule has 2 bridgehead atoms. The average molecular weight is 343 g/mol. The second-order valence-corrected chi connectivity index (χ2v) is 7.39. The van der Waals surface area contributed by atoms with E-state index in [-0.39, 0.29) is 23.7 Å². The summed E-state index contributed by atoms with van der Waals surface area (Å²) in [5, 5.41) is 2.99. The van der Waals surface area contributed by atoms with Gasteiger partial charge in [0.15, 0.2) is 0 Å². The molecule has 3 atom stereocenters. The Morgan fingerprint density at radius 3 is 2.52 bits per heavy atom. The van der Waals surface area contributed by atoms with Crippen LogP contribution < -0.4 is 10.2 Å². The standard InChI is InChI=1S/C19H25N3O3/c23-18-13-2-1-3-14(18)11-15(10-13)19(24)21-16-4-5-17(20-12-16)22-6-8-25-9-7-22/h4-5,12-15H,1-3,6-11H2,(H,21,24)/t13-,14+,15?. The number of hydrogen-bond acceptors (Lipinski definition) is 5. The van der Waals surface area contributed by atoms with Crippen molar-refractivity contribution in [1.82, 2.24) is 4.98 Å². The summed E-state index contributed by atoms with van der Waals surface area (Å²) in [6.07, 6.45) is 6.17. The van der Waals surface area contributed by atoms with E-state index in [2.05, 4.69) is 15.2 Å². The molecule has 1 aromatic heterocycles. The molecule has 2 saturated carbocycles. The third-order valence-electron chi connectivity index (χ3n) is 5.77. The number of amides is 1. The van der Waals surface area contributed by atoms with Crippen molar-refractivity contribution in [2.24, 2.45) is 17.8 Å². The molecule has 0 radical (unpaired) electrons. The highest BCUT2D eigenvalue weighted by Crippen LogP contribution is 2.40. The van der Waals surface area contributed by atoms with Gasteiger partial charge in [-0.2, -0.15) is 0 Å². The maximum atomic E-state index is 12.6. The summed E-state index contributed by atoms with van der Waals surface area (Å²) < 4.78 is 5.35. The Bertz CT molecular complexity index is 624. The molecule has 1 amide bonds. The number of morpholine rings is 1. The van der Waals surface area contributed by atoms with Crippen LogP contribution in [-0.2, 0) is 14.3 Å². The van der Waals surface area contributed by atoms with Crippen molar-refractivity contribution >= 4 is 23.2 Å². The maximum absolute atomic E-state index is 12.6. The van der Waals surface area contributed by atoms with Crippen molar-refractivity contribution in [1.29, 1.82) is 0 Å². The number of carbonyl (C=O) groups excluding carboxylic acids is 2. The fourth-order valence-electron chi connectivity index (χ4n) is 4.38. The predicted molar refractivity (Wildman–Crippen MR) is 94.5 cm³/mol. The van der Waals surface area contributed by atoms with Crippen LogP contribution in [0.2, 0.25) is 0 Å². The minimum Gasteiger partial charge on any atom is -0.378 e. The molecule has 6 heteroatoms. The van der Waals surface area contributed by atoms with Gasteiger partial charge in [0.1, 0.15) is 11.6 Å². The SMILES string of the molecule is O=C(Nc1ccc(N2CCOCC2)nc1)C1C[C@H]2CCC[C@@H](C1)C2=O. The first kappa shape index (κ1) is 16.5. The summed E-state index contributed by atoms with van der Waals surface area (Å²) >= 11 is 0. The van der Waals surface area contributed by atoms with E-state index in [4.69, 9.17) is 4.74 Å². The third kappa shape index (κ3) is 3.54. The van der Waals surface area contributed by atoms with Gasteiger partial charge in [-0.3, -0.25) is 9.59 Å². The Hall–Kier alpha value is -1.95. The zero-order valence-corrected chi connectivity index (χ0v) is 14.4. The van der Waals surface area contributed by atoms with Gasteiger partial charge in [-0.15, -0.1) is 0 Å². The van der Waals surface area contributed by atoms with Gasteiger partial charge in [0.05, 0.1) is 25.1 Å². The monoisotopic (exact) mass is 343 g/mol. The smallest absolute Gasteiger partial charge is 0.227 e. The zero-order valence-electron chi connectivity index (χ0n) is 14.4. The Morgan fingerprint density at radius 1 is 1.16 bits per heavy atom. The lowest BCUT2D eigenvalue weighted by atomic mass is 9.67. The summed E-state index contributed by atoms with van der Waals surface area (Å²) in [6, 6.07) is 3.85. The van der Waals surface area contributed by atoms with Gasteiger partial charge in [0, 0.05) is 30.8 Å². The van der Waals surface area contributed by atoms with E-state index >= 15 is 0 Å². The van der Waals surface area contributed by atoms with E-state index in [1.54, 1.807) is 6.20 Å². The van der Waals surface area contributed by atoms with Gasteiger partial charge in [-0.05, 0) is 37.8 Å². The van der Waals surface area contributed by atoms with Crippen molar-refractivity contribution in [2.45, 2.75) is 32.1 Å². The summed E-state index contributed by atoms with van der Waals surface area (Å²) in [5.74, 6) is 1.50. The van der Waals surface area contributed by atoms with Crippen LogP contribution in [0.4, 0.5) is 11.5 Å². The van der Waals surface area contributed by atoms with E-state index in [0.29, 0.717) is 18.6 Å². The van der Waals surface area contributed by atoms with Gasteiger partial charge in [-0.25, -0.2) is 4.98 Å². The number of hydrogen-bond donors (Lipinski definition) is 1. The van der Waals surface area contributed by atoms with Crippen LogP contribution in [0, 0.1) is 17.8 Å². The maximum Gasteiger partial charge on any atom is 0.227 e. The van der Waals surface area contributed by atoms with Crippen molar-refractivity contribution in [2.75, 3.05) is 36.5 Å². The molecule has 2 heterocycles. The van der Waals surface area contributed by atoms with E-state index in [0.717, 1.165) is 57.1 Å². The van der Waals surface area contributed by atoms with Crippen molar-refractivity contribution in [3.05, 3.63) is 18.3 Å². The van der Waals surface area contributed by atoms with Gasteiger partial charge in [-0.1, -0.05) is 6.42 Å². The molecule has 3 aliphatic rings. The summed E-state index contributed by atoms with van der Waals surface area (Å²) in [6.45, 7) is 3.14. The number of rotatable bonds is 3. The molecule has 6 nitrogen and oxygen atoms in total. The number of ketones is 1. The lowest BCUT2D eigenvalue weighted by Gasteiger charge is -2.36. The molecule has 1 unspecified atom stereocenters. The molecule has 2 aliphatic carbocycles. The average Bonchev–Trinajstić information content (AvgIpc) is 2.63. The highest BCUT2D eigenvalue weighted by molar-refractivity contribution is 5.95. The quantitative estimate of drug-likeness (QED) is 0.911. The molecule has 1 saturated heterocycles. The van der Waals surface area contributed by atoms with Crippen molar-refractivity contribution < 1.29 is 14.3 Å². The fraction of sp³-hybridized carbons (Fsp3) is 0.632. The molecule has 1 aliphatic heterocycles. The summed E-state index contributed by atoms with van der Waals surface area (Å²) in [4.78, 5) is 31.4. The highest BCUT2D eigenvalue weighted by atomic mass is 16.5. The Morgan fingerprint density at radius 2 is 1.88 bits per heavy atom. The zero-order chi connectivity index (χ0) is 17.2. The third-order valence-corrected chi connectivity index (χ3v) is 5.77. The topological polar surface area (TPSA) is 71.5 Å². The fourth-order valence-corrected chi connectivity index (χ4v) is 4.38. The predicted octanol–water partition coefficient (Wildman–Crippen LogP) is 2.25. The van der Waals surface area contributed by atoms with E-state index in [9.17, 15) is 9.59 Å². The minimum absolute atomic E-state index is 0.0327. The van der Waals surface area contributed by atoms with Crippen molar-refractivity contribution in [3.8, 4) is 0 Å². The lowest BCUT2D eigenvalue weighted by Crippen LogP contribution is -2.40. The Labute approximate surface area is 147 Å². The van der Waals surface area contributed by atoms with Crippen LogP contribution in [0.15, 0.2) is 18.3 Å². The van der Waals surface area contributed by atoms with Crippen molar-refractivity contribution in [3.63, 3.8) is 0 Å².